The van der Waals surface area contributed by atoms with Crippen molar-refractivity contribution in [1.29, 1.82) is 0 Å². The highest BCUT2D eigenvalue weighted by molar-refractivity contribution is 6.62. The summed E-state index contributed by atoms with van der Waals surface area (Å²) in [6.07, 6.45) is 0. The van der Waals surface area contributed by atoms with Gasteiger partial charge in [-0.2, -0.15) is 0 Å². The van der Waals surface area contributed by atoms with E-state index in [1.165, 1.54) is 48.5 Å². The van der Waals surface area contributed by atoms with Crippen LogP contribution in [-0.4, -0.2) is 32.9 Å². The summed E-state index contributed by atoms with van der Waals surface area (Å²) in [4.78, 5) is 49.1. The first kappa shape index (κ1) is 15.1. The average Bonchev–Trinajstić information content (AvgIpc) is 2.72. The van der Waals surface area contributed by atoms with Crippen molar-refractivity contribution in [3.8, 4) is 0 Å². The summed E-state index contributed by atoms with van der Waals surface area (Å²) in [5.41, 5.74) is 0.335. The molecule has 0 saturated carbocycles. The van der Waals surface area contributed by atoms with Gasteiger partial charge in [0.1, 0.15) is 0 Å². The molecular formula is C16H8O8Si. The van der Waals surface area contributed by atoms with Crippen LogP contribution < -0.4 is 0 Å². The van der Waals surface area contributed by atoms with Crippen LogP contribution in [0.1, 0.15) is 41.4 Å². The van der Waals surface area contributed by atoms with Crippen molar-refractivity contribution >= 4 is 32.9 Å². The van der Waals surface area contributed by atoms with Gasteiger partial charge in [-0.1, -0.05) is 0 Å². The summed E-state index contributed by atoms with van der Waals surface area (Å²) >= 11 is 0. The van der Waals surface area contributed by atoms with Crippen molar-refractivity contribution in [1.82, 2.24) is 0 Å². The molecule has 0 fully saturated rings. The van der Waals surface area contributed by atoms with Gasteiger partial charge < -0.3 is 17.7 Å². The van der Waals surface area contributed by atoms with Crippen LogP contribution in [0, 0.1) is 0 Å². The zero-order valence-electron chi connectivity index (χ0n) is 12.4. The molecule has 2 aromatic carbocycles. The van der Waals surface area contributed by atoms with Crippen LogP contribution in [0.25, 0.3) is 0 Å². The fourth-order valence-electron chi connectivity index (χ4n) is 2.30. The minimum absolute atomic E-state index is 0.0837. The molecule has 0 radical (unpaired) electrons. The van der Waals surface area contributed by atoms with Crippen LogP contribution >= 0.6 is 0 Å². The monoisotopic (exact) mass is 356 g/mol. The van der Waals surface area contributed by atoms with Crippen LogP contribution in [0.5, 0.6) is 0 Å². The lowest BCUT2D eigenvalue weighted by Crippen LogP contribution is -2.53. The van der Waals surface area contributed by atoms with E-state index < -0.39 is 32.9 Å². The average molecular weight is 356 g/mol. The van der Waals surface area contributed by atoms with Crippen LogP contribution in [0.4, 0.5) is 0 Å². The molecule has 0 unspecified atom stereocenters. The lowest BCUT2D eigenvalue weighted by atomic mass is 10.1. The maximum Gasteiger partial charge on any atom is 0.975 e. The standard InChI is InChI=1S/C16H8O8Si/c17-13-9-1-2-10(4-3-9)14(18)22-25(21-13)23-15(19)11-5-6-12(8-7-11)16(20)24-25/h1-8H. The maximum absolute atomic E-state index is 12.3. The molecule has 4 aliphatic heterocycles. The second-order valence-corrected chi connectivity index (χ2v) is 7.03. The second kappa shape index (κ2) is 5.28. The Hall–Kier alpha value is -3.46. The van der Waals surface area contributed by atoms with Gasteiger partial charge in [0.15, 0.2) is 0 Å². The van der Waals surface area contributed by atoms with E-state index in [9.17, 15) is 19.2 Å². The molecule has 4 heterocycles. The Balaban J connectivity index is 1.82. The zero-order chi connectivity index (χ0) is 17.6. The highest BCUT2D eigenvalue weighted by Gasteiger charge is 2.64. The molecule has 0 atom stereocenters. The van der Waals surface area contributed by atoms with E-state index in [0.717, 1.165) is 0 Å². The van der Waals surface area contributed by atoms with Gasteiger partial charge in [-0.15, -0.1) is 0 Å². The second-order valence-electron chi connectivity index (χ2n) is 5.21. The van der Waals surface area contributed by atoms with E-state index in [2.05, 4.69) is 0 Å². The van der Waals surface area contributed by atoms with Crippen molar-refractivity contribution in [2.24, 2.45) is 0 Å². The van der Waals surface area contributed by atoms with Gasteiger partial charge in [0.2, 0.25) is 0 Å². The van der Waals surface area contributed by atoms with E-state index in [0.29, 0.717) is 0 Å². The molecule has 4 aliphatic rings. The largest absolute Gasteiger partial charge is 0.975 e. The highest BCUT2D eigenvalue weighted by Crippen LogP contribution is 2.25. The molecule has 0 saturated heterocycles. The van der Waals surface area contributed by atoms with Crippen molar-refractivity contribution in [3.63, 3.8) is 0 Å². The smallest absolute Gasteiger partial charge is 0.419 e. The first-order valence-electron chi connectivity index (χ1n) is 7.09. The molecular weight excluding hydrogens is 348 g/mol. The number of fused-ring (bicyclic) bond motifs is 8. The van der Waals surface area contributed by atoms with Crippen molar-refractivity contribution in [2.75, 3.05) is 0 Å². The number of hydrogen-bond donors (Lipinski definition) is 0. The predicted molar refractivity (Wildman–Crippen MR) is 80.3 cm³/mol. The SMILES string of the molecule is O=C1O[Si]2(OC(=O)c3ccc1cc3)OC(=O)c1ccc(cc1)C(=O)O2. The minimum atomic E-state index is -4.78. The maximum atomic E-state index is 12.3. The van der Waals surface area contributed by atoms with Crippen molar-refractivity contribution in [3.05, 3.63) is 70.8 Å². The number of carbonyl (C=O) groups excluding carboxylic acids is 4. The topological polar surface area (TPSA) is 105 Å². The third-order valence-electron chi connectivity index (χ3n) is 3.58. The molecule has 8 nitrogen and oxygen atoms in total. The van der Waals surface area contributed by atoms with Crippen LogP contribution in [0.2, 0.25) is 0 Å². The molecule has 0 aliphatic carbocycles. The minimum Gasteiger partial charge on any atom is -0.419 e. The Kier molecular flexibility index (Phi) is 3.19. The van der Waals surface area contributed by atoms with Gasteiger partial charge in [0.05, 0.1) is 22.3 Å². The lowest BCUT2D eigenvalue weighted by molar-refractivity contribution is -0.00265. The molecule has 9 heteroatoms. The van der Waals surface area contributed by atoms with Crippen LogP contribution in [0.3, 0.4) is 0 Å². The van der Waals surface area contributed by atoms with Gasteiger partial charge in [0.25, 0.3) is 0 Å². The summed E-state index contributed by atoms with van der Waals surface area (Å²) in [7, 11) is -4.78. The number of benzene rings is 2. The fraction of sp³-hybridized carbons (Fsp3) is 0. The van der Waals surface area contributed by atoms with Gasteiger partial charge in [-0.3, -0.25) is 0 Å². The molecule has 2 aromatic rings. The van der Waals surface area contributed by atoms with E-state index in [4.69, 9.17) is 17.7 Å². The molecule has 124 valence electrons. The van der Waals surface area contributed by atoms with Gasteiger partial charge in [-0.05, 0) is 48.5 Å². The first-order valence-corrected chi connectivity index (χ1v) is 8.73. The predicted octanol–water partition coefficient (Wildman–Crippen LogP) is 1.48. The van der Waals surface area contributed by atoms with E-state index in [-0.39, 0.29) is 22.3 Å². The fourth-order valence-corrected chi connectivity index (χ4v) is 3.93. The molecule has 25 heavy (non-hydrogen) atoms. The Morgan fingerprint density at radius 2 is 0.640 bits per heavy atom. The Morgan fingerprint density at radius 1 is 0.440 bits per heavy atom. The van der Waals surface area contributed by atoms with Crippen molar-refractivity contribution < 1.29 is 36.9 Å². The Morgan fingerprint density at radius 3 is 0.840 bits per heavy atom. The van der Waals surface area contributed by atoms with E-state index in [1.54, 1.807) is 0 Å². The van der Waals surface area contributed by atoms with Gasteiger partial charge in [-0.25, -0.2) is 19.2 Å². The summed E-state index contributed by atoms with van der Waals surface area (Å²) in [6, 6.07) is 10.8. The Labute approximate surface area is 141 Å². The third-order valence-corrected chi connectivity index (χ3v) is 5.32. The van der Waals surface area contributed by atoms with Gasteiger partial charge >= 0.3 is 32.9 Å². The third kappa shape index (κ3) is 2.56. The molecule has 6 rings (SSSR count). The zero-order valence-corrected chi connectivity index (χ0v) is 13.4. The first-order chi connectivity index (χ1) is 12.0. The lowest BCUT2D eigenvalue weighted by Gasteiger charge is -2.23. The number of rotatable bonds is 0. The van der Waals surface area contributed by atoms with Crippen LogP contribution in [-0.2, 0) is 17.7 Å². The quantitative estimate of drug-likeness (QED) is 0.654. The summed E-state index contributed by atoms with van der Waals surface area (Å²) in [5, 5.41) is 0. The molecule has 0 N–H and O–H groups in total. The highest BCUT2D eigenvalue weighted by atomic mass is 28.4. The van der Waals surface area contributed by atoms with E-state index in [1.807, 2.05) is 0 Å². The molecule has 0 amide bonds. The molecule has 0 aromatic heterocycles. The summed E-state index contributed by atoms with van der Waals surface area (Å²) in [6.45, 7) is 0. The summed E-state index contributed by atoms with van der Waals surface area (Å²) in [5.74, 6) is -3.79. The summed E-state index contributed by atoms with van der Waals surface area (Å²) < 4.78 is 20.4. The Bertz CT molecular complexity index is 761. The van der Waals surface area contributed by atoms with Crippen LogP contribution in [0.15, 0.2) is 48.5 Å². The number of carbonyl (C=O) groups is 4. The molecule has 4 bridgehead atoms. The van der Waals surface area contributed by atoms with Crippen molar-refractivity contribution in [2.45, 2.75) is 0 Å². The van der Waals surface area contributed by atoms with E-state index >= 15 is 0 Å². The van der Waals surface area contributed by atoms with Gasteiger partial charge in [0, 0.05) is 0 Å². The normalized spacial score (nSPS) is 17.9. The molecule has 1 spiro atoms. The number of hydrogen-bond acceptors (Lipinski definition) is 8.